The monoisotopic (exact) mass is 264 g/mol. The van der Waals surface area contributed by atoms with Crippen molar-refractivity contribution >= 4 is 0 Å². The predicted octanol–water partition coefficient (Wildman–Crippen LogP) is 0.972. The molecule has 3 rings (SSSR count). The van der Waals surface area contributed by atoms with Crippen molar-refractivity contribution in [2.75, 3.05) is 19.6 Å². The molecule has 106 valence electrons. The van der Waals surface area contributed by atoms with Crippen molar-refractivity contribution in [3.8, 4) is 0 Å². The van der Waals surface area contributed by atoms with Gasteiger partial charge in [-0.15, -0.1) is 5.10 Å². The smallest absolute Gasteiger partial charge is 0.165 e. The van der Waals surface area contributed by atoms with Gasteiger partial charge in [-0.1, -0.05) is 6.92 Å². The van der Waals surface area contributed by atoms with Gasteiger partial charge < -0.3 is 5.32 Å². The molecular formula is C13H24N6. The van der Waals surface area contributed by atoms with Crippen molar-refractivity contribution in [3.63, 3.8) is 0 Å². The number of tetrazole rings is 1. The maximum Gasteiger partial charge on any atom is 0.165 e. The quantitative estimate of drug-likeness (QED) is 0.829. The number of rotatable bonds is 6. The van der Waals surface area contributed by atoms with Crippen LogP contribution in [0.2, 0.25) is 0 Å². The molecule has 1 aromatic rings. The van der Waals surface area contributed by atoms with Crippen LogP contribution in [0, 0.1) is 0 Å². The maximum atomic E-state index is 4.23. The Morgan fingerprint density at radius 3 is 2.95 bits per heavy atom. The van der Waals surface area contributed by atoms with E-state index in [2.05, 4.69) is 32.7 Å². The summed E-state index contributed by atoms with van der Waals surface area (Å²) in [5, 5.41) is 15.7. The summed E-state index contributed by atoms with van der Waals surface area (Å²) in [6, 6.07) is 1.20. The van der Waals surface area contributed by atoms with Crippen molar-refractivity contribution < 1.29 is 0 Å². The van der Waals surface area contributed by atoms with Gasteiger partial charge in [0.25, 0.3) is 0 Å². The molecule has 1 unspecified atom stereocenters. The number of piperidine rings is 1. The van der Waals surface area contributed by atoms with Gasteiger partial charge in [0.2, 0.25) is 0 Å². The van der Waals surface area contributed by atoms with E-state index in [-0.39, 0.29) is 0 Å². The third-order valence-corrected chi connectivity index (χ3v) is 4.10. The van der Waals surface area contributed by atoms with E-state index in [0.717, 1.165) is 32.0 Å². The van der Waals surface area contributed by atoms with E-state index in [4.69, 9.17) is 0 Å². The van der Waals surface area contributed by atoms with Crippen molar-refractivity contribution in [1.82, 2.24) is 30.4 Å². The fourth-order valence-electron chi connectivity index (χ4n) is 2.92. The highest BCUT2D eigenvalue weighted by molar-refractivity contribution is 4.92. The van der Waals surface area contributed by atoms with Crippen LogP contribution in [-0.4, -0.2) is 50.8 Å². The van der Waals surface area contributed by atoms with Crippen LogP contribution in [0.25, 0.3) is 0 Å². The Morgan fingerprint density at radius 1 is 1.37 bits per heavy atom. The summed E-state index contributed by atoms with van der Waals surface area (Å²) < 4.78 is 2.04. The summed E-state index contributed by atoms with van der Waals surface area (Å²) in [6.45, 7) is 6.53. The first-order valence-electron chi connectivity index (χ1n) is 7.60. The molecule has 2 fully saturated rings. The molecule has 19 heavy (non-hydrogen) atoms. The van der Waals surface area contributed by atoms with Crippen LogP contribution in [0.3, 0.4) is 0 Å². The zero-order valence-electron chi connectivity index (χ0n) is 11.8. The Balaban J connectivity index is 1.67. The first kappa shape index (κ1) is 13.0. The average molecular weight is 264 g/mol. The van der Waals surface area contributed by atoms with Gasteiger partial charge in [0.1, 0.15) is 0 Å². The molecule has 2 heterocycles. The molecule has 0 bridgehead atoms. The Morgan fingerprint density at radius 2 is 2.26 bits per heavy atom. The number of nitrogens with zero attached hydrogens (tertiary/aromatic N) is 5. The first-order valence-corrected chi connectivity index (χ1v) is 7.60. The van der Waals surface area contributed by atoms with Crippen molar-refractivity contribution in [2.45, 2.75) is 57.7 Å². The van der Waals surface area contributed by atoms with Crippen LogP contribution in [0.4, 0.5) is 0 Å². The molecule has 0 amide bonds. The lowest BCUT2D eigenvalue weighted by atomic mass is 10.1. The van der Waals surface area contributed by atoms with Crippen molar-refractivity contribution in [2.24, 2.45) is 0 Å². The van der Waals surface area contributed by atoms with E-state index in [0.29, 0.717) is 12.1 Å². The summed E-state index contributed by atoms with van der Waals surface area (Å²) in [6.07, 6.45) is 6.21. The zero-order chi connectivity index (χ0) is 13.1. The lowest BCUT2D eigenvalue weighted by Gasteiger charge is -2.34. The van der Waals surface area contributed by atoms with Gasteiger partial charge in [-0.2, -0.15) is 0 Å². The van der Waals surface area contributed by atoms with Gasteiger partial charge in [-0.25, -0.2) is 4.68 Å². The minimum atomic E-state index is 0.568. The standard InChI is InChI=1S/C13H24N6/c1-2-8-18(12-4-3-7-14-9-12)10-13-15-16-17-19(13)11-5-6-11/h11-12,14H,2-10H2,1H3. The number of nitrogens with one attached hydrogen (secondary N) is 1. The molecule has 0 radical (unpaired) electrons. The van der Waals surface area contributed by atoms with Gasteiger partial charge in [0, 0.05) is 12.6 Å². The highest BCUT2D eigenvalue weighted by Crippen LogP contribution is 2.34. The second kappa shape index (κ2) is 5.96. The molecule has 6 heteroatoms. The number of hydrogen-bond donors (Lipinski definition) is 1. The molecule has 0 aromatic carbocycles. The Labute approximate surface area is 114 Å². The Hall–Kier alpha value is -1.01. The molecular weight excluding hydrogens is 240 g/mol. The highest BCUT2D eigenvalue weighted by Gasteiger charge is 2.29. The topological polar surface area (TPSA) is 58.9 Å². The second-order valence-electron chi connectivity index (χ2n) is 5.74. The summed E-state index contributed by atoms with van der Waals surface area (Å²) in [7, 11) is 0. The van der Waals surface area contributed by atoms with Gasteiger partial charge >= 0.3 is 0 Å². The highest BCUT2D eigenvalue weighted by atomic mass is 15.6. The van der Waals surface area contributed by atoms with Gasteiger partial charge in [0.05, 0.1) is 12.6 Å². The maximum absolute atomic E-state index is 4.23. The first-order chi connectivity index (χ1) is 9.38. The lowest BCUT2D eigenvalue weighted by molar-refractivity contribution is 0.152. The third kappa shape index (κ3) is 3.12. The minimum Gasteiger partial charge on any atom is -0.315 e. The molecule has 1 aromatic heterocycles. The minimum absolute atomic E-state index is 0.568. The number of aromatic nitrogens is 4. The van der Waals surface area contributed by atoms with E-state index in [1.165, 1.54) is 32.1 Å². The molecule has 0 spiro atoms. The lowest BCUT2D eigenvalue weighted by Crippen LogP contribution is -2.46. The predicted molar refractivity (Wildman–Crippen MR) is 72.7 cm³/mol. The molecule has 6 nitrogen and oxygen atoms in total. The van der Waals surface area contributed by atoms with Gasteiger partial charge in [-0.3, -0.25) is 4.90 Å². The number of hydrogen-bond acceptors (Lipinski definition) is 5. The van der Waals surface area contributed by atoms with E-state index in [9.17, 15) is 0 Å². The van der Waals surface area contributed by atoms with Gasteiger partial charge in [0.15, 0.2) is 5.82 Å². The molecule has 1 N–H and O–H groups in total. The average Bonchev–Trinajstić information content (AvgIpc) is 3.19. The Bertz CT molecular complexity index is 394. The van der Waals surface area contributed by atoms with Crippen molar-refractivity contribution in [3.05, 3.63) is 5.82 Å². The van der Waals surface area contributed by atoms with E-state index in [1.807, 2.05) is 4.68 Å². The molecule has 2 aliphatic rings. The van der Waals surface area contributed by atoms with Crippen LogP contribution in [-0.2, 0) is 6.54 Å². The summed E-state index contributed by atoms with van der Waals surface area (Å²) in [4.78, 5) is 2.55. The zero-order valence-corrected chi connectivity index (χ0v) is 11.8. The fourth-order valence-corrected chi connectivity index (χ4v) is 2.92. The van der Waals surface area contributed by atoms with Crippen LogP contribution >= 0.6 is 0 Å². The van der Waals surface area contributed by atoms with E-state index >= 15 is 0 Å². The SMILES string of the molecule is CCCN(Cc1nnnn1C1CC1)C1CCCNC1. The second-order valence-corrected chi connectivity index (χ2v) is 5.74. The molecule has 1 atom stereocenters. The summed E-state index contributed by atoms with van der Waals surface area (Å²) in [5.41, 5.74) is 0. The fraction of sp³-hybridized carbons (Fsp3) is 0.923. The largest absolute Gasteiger partial charge is 0.315 e. The Kier molecular flexibility index (Phi) is 4.08. The van der Waals surface area contributed by atoms with Gasteiger partial charge in [-0.05, 0) is 55.6 Å². The molecule has 1 aliphatic heterocycles. The summed E-state index contributed by atoms with van der Waals surface area (Å²) >= 11 is 0. The third-order valence-electron chi connectivity index (χ3n) is 4.10. The van der Waals surface area contributed by atoms with E-state index in [1.54, 1.807) is 0 Å². The molecule has 1 aliphatic carbocycles. The molecule has 1 saturated heterocycles. The van der Waals surface area contributed by atoms with Crippen LogP contribution < -0.4 is 5.32 Å². The van der Waals surface area contributed by atoms with Crippen LogP contribution in [0.5, 0.6) is 0 Å². The van der Waals surface area contributed by atoms with Crippen LogP contribution in [0.1, 0.15) is 50.9 Å². The van der Waals surface area contributed by atoms with Crippen molar-refractivity contribution in [1.29, 1.82) is 0 Å². The summed E-state index contributed by atoms with van der Waals surface area (Å²) in [5.74, 6) is 1.04. The van der Waals surface area contributed by atoms with Crippen LogP contribution in [0.15, 0.2) is 0 Å². The van der Waals surface area contributed by atoms with E-state index < -0.39 is 0 Å². The normalized spacial score (nSPS) is 24.0. The molecule has 1 saturated carbocycles.